The molecule has 0 spiro atoms. The van der Waals surface area contributed by atoms with Crippen molar-refractivity contribution in [3.63, 3.8) is 0 Å². The molecule has 1 heteroatoms. The summed E-state index contributed by atoms with van der Waals surface area (Å²) < 4.78 is 0. The fourth-order valence-electron chi connectivity index (χ4n) is 3.41. The van der Waals surface area contributed by atoms with Crippen molar-refractivity contribution < 1.29 is 4.79 Å². The van der Waals surface area contributed by atoms with Crippen LogP contribution in [0, 0.1) is 5.41 Å². The number of carbonyl (C=O) groups is 1. The monoisotopic (exact) mass is 288 g/mol. The first-order chi connectivity index (χ1) is 9.90. The van der Waals surface area contributed by atoms with Gasteiger partial charge in [0.05, 0.1) is 0 Å². The van der Waals surface area contributed by atoms with Gasteiger partial charge < -0.3 is 0 Å². The van der Waals surface area contributed by atoms with Gasteiger partial charge in [0.1, 0.15) is 6.29 Å². The summed E-state index contributed by atoms with van der Waals surface area (Å²) in [7, 11) is 0. The molecule has 118 valence electrons. The van der Waals surface area contributed by atoms with Gasteiger partial charge in [0.2, 0.25) is 0 Å². The first-order valence-electron chi connectivity index (χ1n) is 8.36. The molecule has 0 radical (unpaired) electrons. The Hall–Kier alpha value is -1.11. The molecular weight excluding hydrogens is 256 g/mol. The van der Waals surface area contributed by atoms with E-state index in [1.807, 2.05) is 13.0 Å². The van der Waals surface area contributed by atoms with Crippen LogP contribution in [0.4, 0.5) is 0 Å². The fourth-order valence-corrected chi connectivity index (χ4v) is 3.41. The van der Waals surface area contributed by atoms with Gasteiger partial charge in [0.25, 0.3) is 0 Å². The van der Waals surface area contributed by atoms with Crippen LogP contribution in [0.2, 0.25) is 0 Å². The highest BCUT2D eigenvalue weighted by atomic mass is 16.1. The predicted molar refractivity (Wildman–Crippen MR) is 92.4 cm³/mol. The number of carbonyl (C=O) groups excluding carboxylic acids is 1. The molecule has 1 rings (SSSR count). The Bertz CT molecular complexity index is 446. The van der Waals surface area contributed by atoms with Gasteiger partial charge >= 0.3 is 0 Å². The lowest BCUT2D eigenvalue weighted by molar-refractivity contribution is -0.105. The summed E-state index contributed by atoms with van der Waals surface area (Å²) in [5.74, 6) is 0. The van der Waals surface area contributed by atoms with E-state index in [1.54, 1.807) is 11.1 Å². The van der Waals surface area contributed by atoms with Crippen LogP contribution in [0.5, 0.6) is 0 Å². The third-order valence-corrected chi connectivity index (χ3v) is 4.90. The molecule has 0 aromatic rings. The second kappa shape index (κ2) is 8.36. The molecule has 0 amide bonds. The van der Waals surface area contributed by atoms with E-state index in [-0.39, 0.29) is 0 Å². The highest BCUT2D eigenvalue weighted by Gasteiger charge is 2.27. The molecule has 0 aromatic heterocycles. The standard InChI is InChI=1S/C20H32O/c1-6-18(15-21)11-7-9-16(2)12-13-19-17(3)10-8-14-20(19,4)5/h6,9,15H,7-8,10-14H2,1-5H3/b16-9+,18-6+. The van der Waals surface area contributed by atoms with E-state index in [2.05, 4.69) is 33.8 Å². The SMILES string of the molecule is C/C=C(/C=O)CC/C=C(\C)CCC1=C(C)CCCC1(C)C. The van der Waals surface area contributed by atoms with Crippen molar-refractivity contribution >= 4 is 6.29 Å². The van der Waals surface area contributed by atoms with Crippen LogP contribution in [-0.2, 0) is 4.79 Å². The first-order valence-corrected chi connectivity index (χ1v) is 8.36. The lowest BCUT2D eigenvalue weighted by atomic mass is 9.71. The van der Waals surface area contributed by atoms with E-state index >= 15 is 0 Å². The molecule has 0 unspecified atom stereocenters. The molecule has 1 aliphatic carbocycles. The van der Waals surface area contributed by atoms with Gasteiger partial charge in [-0.1, -0.05) is 42.7 Å². The third-order valence-electron chi connectivity index (χ3n) is 4.90. The summed E-state index contributed by atoms with van der Waals surface area (Å²) in [6.07, 6.45) is 13.3. The summed E-state index contributed by atoms with van der Waals surface area (Å²) in [6, 6.07) is 0. The number of aldehydes is 1. The Kier molecular flexibility index (Phi) is 7.14. The normalized spacial score (nSPS) is 19.9. The zero-order valence-electron chi connectivity index (χ0n) is 14.6. The quantitative estimate of drug-likeness (QED) is 0.311. The molecule has 21 heavy (non-hydrogen) atoms. The van der Waals surface area contributed by atoms with Gasteiger partial charge in [-0.05, 0) is 76.7 Å². The van der Waals surface area contributed by atoms with Crippen molar-refractivity contribution in [2.75, 3.05) is 0 Å². The van der Waals surface area contributed by atoms with E-state index in [0.29, 0.717) is 5.41 Å². The maximum atomic E-state index is 10.8. The van der Waals surface area contributed by atoms with Crippen molar-refractivity contribution in [2.45, 2.75) is 79.6 Å². The van der Waals surface area contributed by atoms with Crippen molar-refractivity contribution in [1.82, 2.24) is 0 Å². The minimum Gasteiger partial charge on any atom is -0.298 e. The predicted octanol–water partition coefficient (Wildman–Crippen LogP) is 6.16. The third kappa shape index (κ3) is 5.65. The van der Waals surface area contributed by atoms with Crippen LogP contribution in [-0.4, -0.2) is 6.29 Å². The molecule has 0 N–H and O–H groups in total. The Morgan fingerprint density at radius 2 is 2.00 bits per heavy atom. The lowest BCUT2D eigenvalue weighted by Crippen LogP contribution is -2.20. The molecule has 1 nitrogen and oxygen atoms in total. The fraction of sp³-hybridized carbons (Fsp3) is 0.650. The Labute approximate surface area is 131 Å². The average molecular weight is 288 g/mol. The number of rotatable bonds is 7. The van der Waals surface area contributed by atoms with Crippen LogP contribution in [0.25, 0.3) is 0 Å². The van der Waals surface area contributed by atoms with Gasteiger partial charge in [-0.15, -0.1) is 0 Å². The topological polar surface area (TPSA) is 17.1 Å². The van der Waals surface area contributed by atoms with Crippen molar-refractivity contribution in [3.05, 3.63) is 34.4 Å². The van der Waals surface area contributed by atoms with E-state index in [1.165, 1.54) is 31.3 Å². The first kappa shape index (κ1) is 17.9. The molecule has 0 aliphatic heterocycles. The van der Waals surface area contributed by atoms with E-state index in [4.69, 9.17) is 0 Å². The van der Waals surface area contributed by atoms with Crippen LogP contribution < -0.4 is 0 Å². The highest BCUT2D eigenvalue weighted by molar-refractivity contribution is 5.72. The van der Waals surface area contributed by atoms with Gasteiger partial charge in [-0.25, -0.2) is 0 Å². The van der Waals surface area contributed by atoms with Crippen LogP contribution in [0.1, 0.15) is 79.6 Å². The van der Waals surface area contributed by atoms with E-state index in [0.717, 1.165) is 31.1 Å². The van der Waals surface area contributed by atoms with Gasteiger partial charge in [0.15, 0.2) is 0 Å². The molecule has 0 saturated heterocycles. The maximum absolute atomic E-state index is 10.8. The van der Waals surface area contributed by atoms with Gasteiger partial charge in [-0.2, -0.15) is 0 Å². The van der Waals surface area contributed by atoms with E-state index < -0.39 is 0 Å². The summed E-state index contributed by atoms with van der Waals surface area (Å²) in [4.78, 5) is 10.8. The summed E-state index contributed by atoms with van der Waals surface area (Å²) >= 11 is 0. The zero-order chi connectivity index (χ0) is 15.9. The second-order valence-corrected chi connectivity index (χ2v) is 7.07. The smallest absolute Gasteiger partial charge is 0.145 e. The Morgan fingerprint density at radius 1 is 1.29 bits per heavy atom. The van der Waals surface area contributed by atoms with Crippen LogP contribution in [0.15, 0.2) is 34.4 Å². The van der Waals surface area contributed by atoms with Crippen molar-refractivity contribution in [1.29, 1.82) is 0 Å². The Morgan fingerprint density at radius 3 is 2.57 bits per heavy atom. The van der Waals surface area contributed by atoms with Gasteiger partial charge in [-0.3, -0.25) is 4.79 Å². The number of hydrogen-bond acceptors (Lipinski definition) is 1. The lowest BCUT2D eigenvalue weighted by Gasteiger charge is -2.35. The second-order valence-electron chi connectivity index (χ2n) is 7.07. The maximum Gasteiger partial charge on any atom is 0.145 e. The molecule has 0 fully saturated rings. The number of allylic oxidation sites excluding steroid dienone is 6. The average Bonchev–Trinajstić information content (AvgIpc) is 2.42. The highest BCUT2D eigenvalue weighted by Crippen LogP contribution is 2.42. The summed E-state index contributed by atoms with van der Waals surface area (Å²) in [5, 5.41) is 0. The van der Waals surface area contributed by atoms with E-state index in [9.17, 15) is 4.79 Å². The van der Waals surface area contributed by atoms with Crippen LogP contribution >= 0.6 is 0 Å². The van der Waals surface area contributed by atoms with Crippen molar-refractivity contribution in [3.8, 4) is 0 Å². The molecule has 1 aliphatic rings. The minimum atomic E-state index is 0.387. The summed E-state index contributed by atoms with van der Waals surface area (Å²) in [6.45, 7) is 11.3. The Balaban J connectivity index is 2.52. The number of hydrogen-bond donors (Lipinski definition) is 0. The molecule has 0 aromatic carbocycles. The zero-order valence-corrected chi connectivity index (χ0v) is 14.6. The molecule has 0 heterocycles. The molecule has 0 bridgehead atoms. The molecule has 0 saturated carbocycles. The molecule has 0 atom stereocenters. The minimum absolute atomic E-state index is 0.387. The molecular formula is C20H32O. The van der Waals surface area contributed by atoms with Gasteiger partial charge in [0, 0.05) is 0 Å². The largest absolute Gasteiger partial charge is 0.298 e. The van der Waals surface area contributed by atoms with Crippen LogP contribution in [0.3, 0.4) is 0 Å². The van der Waals surface area contributed by atoms with Crippen molar-refractivity contribution in [2.24, 2.45) is 5.41 Å². The summed E-state index contributed by atoms with van der Waals surface area (Å²) in [5.41, 5.74) is 6.06.